The van der Waals surface area contributed by atoms with E-state index in [2.05, 4.69) is 17.3 Å². The van der Waals surface area contributed by atoms with Gasteiger partial charge in [0, 0.05) is 19.1 Å². The zero-order chi connectivity index (χ0) is 13.2. The zero-order valence-electron chi connectivity index (χ0n) is 11.4. The van der Waals surface area contributed by atoms with Crippen molar-refractivity contribution in [1.82, 2.24) is 14.5 Å². The van der Waals surface area contributed by atoms with Crippen molar-refractivity contribution in [3.05, 3.63) is 0 Å². The molecule has 106 valence electrons. The van der Waals surface area contributed by atoms with Crippen molar-refractivity contribution in [3.63, 3.8) is 0 Å². The highest BCUT2D eigenvalue weighted by molar-refractivity contribution is 7.89. The van der Waals surface area contributed by atoms with E-state index in [1.807, 2.05) is 0 Å². The molecule has 0 bridgehead atoms. The van der Waals surface area contributed by atoms with Crippen LogP contribution in [-0.4, -0.2) is 69.2 Å². The molecule has 2 rings (SSSR count). The van der Waals surface area contributed by atoms with Crippen LogP contribution in [-0.2, 0) is 10.0 Å². The van der Waals surface area contributed by atoms with Crippen LogP contribution in [0.5, 0.6) is 0 Å². The molecule has 2 aliphatic heterocycles. The Kier molecular flexibility index (Phi) is 4.64. The average molecular weight is 275 g/mol. The minimum atomic E-state index is -3.11. The van der Waals surface area contributed by atoms with Gasteiger partial charge in [0.1, 0.15) is 0 Å². The molecule has 2 fully saturated rings. The number of likely N-dealkylation sites (tertiary alicyclic amines) is 1. The Bertz CT molecular complexity index is 358. The van der Waals surface area contributed by atoms with Crippen molar-refractivity contribution in [3.8, 4) is 0 Å². The van der Waals surface area contributed by atoms with Crippen molar-refractivity contribution >= 4 is 10.0 Å². The molecule has 5 nitrogen and oxygen atoms in total. The summed E-state index contributed by atoms with van der Waals surface area (Å²) < 4.78 is 26.3. The Morgan fingerprint density at radius 1 is 1.28 bits per heavy atom. The third kappa shape index (κ3) is 3.44. The first-order valence-corrected chi connectivity index (χ1v) is 8.47. The summed E-state index contributed by atoms with van der Waals surface area (Å²) in [5.41, 5.74) is 0. The highest BCUT2D eigenvalue weighted by Gasteiger charge is 2.31. The van der Waals surface area contributed by atoms with Gasteiger partial charge in [-0.15, -0.1) is 0 Å². The lowest BCUT2D eigenvalue weighted by Crippen LogP contribution is -2.47. The van der Waals surface area contributed by atoms with E-state index < -0.39 is 10.0 Å². The van der Waals surface area contributed by atoms with E-state index in [0.717, 1.165) is 45.3 Å². The minimum Gasteiger partial charge on any atom is -0.313 e. The fourth-order valence-electron chi connectivity index (χ4n) is 2.86. The average Bonchev–Trinajstić information content (AvgIpc) is 2.81. The lowest BCUT2D eigenvalue weighted by molar-refractivity contribution is 0.197. The van der Waals surface area contributed by atoms with E-state index in [0.29, 0.717) is 0 Å². The number of hydrogen-bond acceptors (Lipinski definition) is 4. The van der Waals surface area contributed by atoms with Crippen LogP contribution in [0.25, 0.3) is 0 Å². The third-order valence-electron chi connectivity index (χ3n) is 4.22. The second kappa shape index (κ2) is 5.86. The minimum absolute atomic E-state index is 0.156. The van der Waals surface area contributed by atoms with Gasteiger partial charge in [0.2, 0.25) is 10.0 Å². The van der Waals surface area contributed by atoms with Gasteiger partial charge in [0.25, 0.3) is 0 Å². The van der Waals surface area contributed by atoms with Crippen LogP contribution in [0.3, 0.4) is 0 Å². The zero-order valence-corrected chi connectivity index (χ0v) is 12.2. The highest BCUT2D eigenvalue weighted by Crippen LogP contribution is 2.19. The first-order chi connectivity index (χ1) is 8.49. The van der Waals surface area contributed by atoms with Gasteiger partial charge in [0.15, 0.2) is 0 Å². The Morgan fingerprint density at radius 2 is 1.94 bits per heavy atom. The largest absolute Gasteiger partial charge is 0.313 e. The molecule has 2 aliphatic rings. The van der Waals surface area contributed by atoms with Gasteiger partial charge in [0.05, 0.1) is 5.75 Å². The number of rotatable bonds is 4. The van der Waals surface area contributed by atoms with E-state index in [1.54, 1.807) is 11.4 Å². The van der Waals surface area contributed by atoms with Gasteiger partial charge in [-0.2, -0.15) is 0 Å². The monoisotopic (exact) mass is 275 g/mol. The summed E-state index contributed by atoms with van der Waals surface area (Å²) in [6, 6.07) is 0.344. The van der Waals surface area contributed by atoms with Crippen molar-refractivity contribution in [2.24, 2.45) is 0 Å². The number of sulfonamides is 1. The summed E-state index contributed by atoms with van der Waals surface area (Å²) in [4.78, 5) is 2.26. The van der Waals surface area contributed by atoms with E-state index in [9.17, 15) is 8.42 Å². The summed E-state index contributed by atoms with van der Waals surface area (Å²) in [6.45, 7) is 2.94. The standard InChI is InChI=1S/C12H25N3O2S/c1-14-8-5-12(6-9-14)15(2)18(16,17)10-11-4-3-7-13-11/h11-13H,3-10H2,1-2H3. The highest BCUT2D eigenvalue weighted by atomic mass is 32.2. The summed E-state index contributed by atoms with van der Waals surface area (Å²) in [7, 11) is 0.732. The Labute approximate surface area is 111 Å². The summed E-state index contributed by atoms with van der Waals surface area (Å²) in [5.74, 6) is 0.260. The molecule has 0 saturated carbocycles. The maximum atomic E-state index is 12.3. The molecule has 0 amide bonds. The van der Waals surface area contributed by atoms with Gasteiger partial charge >= 0.3 is 0 Å². The molecule has 2 heterocycles. The van der Waals surface area contributed by atoms with Gasteiger partial charge in [-0.3, -0.25) is 0 Å². The molecule has 18 heavy (non-hydrogen) atoms. The third-order valence-corrected chi connectivity index (χ3v) is 6.21. The Hall–Kier alpha value is -0.170. The molecule has 0 spiro atoms. The molecule has 6 heteroatoms. The lowest BCUT2D eigenvalue weighted by Gasteiger charge is -2.34. The van der Waals surface area contributed by atoms with Crippen molar-refractivity contribution in [2.45, 2.75) is 37.8 Å². The van der Waals surface area contributed by atoms with Gasteiger partial charge in [-0.05, 0) is 52.4 Å². The fourth-order valence-corrected chi connectivity index (χ4v) is 4.55. The van der Waals surface area contributed by atoms with E-state index in [-0.39, 0.29) is 17.8 Å². The van der Waals surface area contributed by atoms with Crippen molar-refractivity contribution in [1.29, 1.82) is 0 Å². The Balaban J connectivity index is 1.91. The van der Waals surface area contributed by atoms with Gasteiger partial charge in [-0.1, -0.05) is 0 Å². The van der Waals surface area contributed by atoms with Crippen molar-refractivity contribution in [2.75, 3.05) is 39.5 Å². The maximum absolute atomic E-state index is 12.3. The second-order valence-electron chi connectivity index (χ2n) is 5.62. The normalized spacial score (nSPS) is 28.1. The van der Waals surface area contributed by atoms with Gasteiger partial charge < -0.3 is 10.2 Å². The topological polar surface area (TPSA) is 52.7 Å². The van der Waals surface area contributed by atoms with Crippen molar-refractivity contribution < 1.29 is 8.42 Å². The van der Waals surface area contributed by atoms with E-state index >= 15 is 0 Å². The number of nitrogens with zero attached hydrogens (tertiary/aromatic N) is 2. The lowest BCUT2D eigenvalue weighted by atomic mass is 10.1. The molecule has 2 saturated heterocycles. The fraction of sp³-hybridized carbons (Fsp3) is 1.00. The predicted molar refractivity (Wildman–Crippen MR) is 73.1 cm³/mol. The number of hydrogen-bond donors (Lipinski definition) is 1. The molecule has 1 N–H and O–H groups in total. The smallest absolute Gasteiger partial charge is 0.215 e. The maximum Gasteiger partial charge on any atom is 0.215 e. The van der Waals surface area contributed by atoms with Gasteiger partial charge in [-0.25, -0.2) is 12.7 Å². The number of piperidine rings is 1. The molecule has 1 unspecified atom stereocenters. The molecule has 0 aromatic heterocycles. The first-order valence-electron chi connectivity index (χ1n) is 6.86. The second-order valence-corrected chi connectivity index (χ2v) is 7.70. The first kappa shape index (κ1) is 14.2. The van der Waals surface area contributed by atoms with Crippen LogP contribution in [0.4, 0.5) is 0 Å². The van der Waals surface area contributed by atoms with Crippen LogP contribution in [0, 0.1) is 0 Å². The summed E-state index contributed by atoms with van der Waals surface area (Å²) in [5, 5.41) is 3.26. The molecular weight excluding hydrogens is 250 g/mol. The van der Waals surface area contributed by atoms with Crippen LogP contribution < -0.4 is 5.32 Å². The molecular formula is C12H25N3O2S. The van der Waals surface area contributed by atoms with Crippen LogP contribution >= 0.6 is 0 Å². The summed E-state index contributed by atoms with van der Waals surface area (Å²) in [6.07, 6.45) is 3.98. The predicted octanol–water partition coefficient (Wildman–Crippen LogP) is 0.0942. The summed E-state index contributed by atoms with van der Waals surface area (Å²) >= 11 is 0. The SMILES string of the molecule is CN1CCC(N(C)S(=O)(=O)CC2CCCN2)CC1. The van der Waals surface area contributed by atoms with E-state index in [1.165, 1.54) is 0 Å². The number of nitrogens with one attached hydrogen (secondary N) is 1. The molecule has 1 atom stereocenters. The quantitative estimate of drug-likeness (QED) is 0.790. The van der Waals surface area contributed by atoms with Crippen LogP contribution in [0.15, 0.2) is 0 Å². The molecule has 0 aromatic rings. The van der Waals surface area contributed by atoms with Crippen LogP contribution in [0.1, 0.15) is 25.7 Å². The van der Waals surface area contributed by atoms with Crippen LogP contribution in [0.2, 0.25) is 0 Å². The molecule has 0 aromatic carbocycles. The Morgan fingerprint density at radius 3 is 2.50 bits per heavy atom. The van der Waals surface area contributed by atoms with E-state index in [4.69, 9.17) is 0 Å². The molecule has 0 radical (unpaired) electrons. The molecule has 0 aliphatic carbocycles.